The Labute approximate surface area is 105 Å². The van der Waals surface area contributed by atoms with E-state index in [0.29, 0.717) is 6.04 Å². The zero-order valence-electron chi connectivity index (χ0n) is 10.7. The van der Waals surface area contributed by atoms with Gasteiger partial charge in [0.05, 0.1) is 0 Å². The number of nitrogens with one attached hydrogen (secondary N) is 1. The monoisotopic (exact) mass is 232 g/mol. The van der Waals surface area contributed by atoms with Gasteiger partial charge in [-0.05, 0) is 36.8 Å². The molecular formula is C15H24N2. The van der Waals surface area contributed by atoms with Crippen LogP contribution >= 0.6 is 0 Å². The minimum atomic E-state index is 0.435. The van der Waals surface area contributed by atoms with Crippen molar-refractivity contribution in [3.63, 3.8) is 0 Å². The van der Waals surface area contributed by atoms with Gasteiger partial charge in [-0.15, -0.1) is 0 Å². The lowest BCUT2D eigenvalue weighted by molar-refractivity contribution is 0.265. The van der Waals surface area contributed by atoms with E-state index in [2.05, 4.69) is 36.5 Å². The first-order valence-electron chi connectivity index (χ1n) is 6.81. The van der Waals surface area contributed by atoms with Crippen LogP contribution in [0.2, 0.25) is 0 Å². The van der Waals surface area contributed by atoms with Crippen molar-refractivity contribution < 1.29 is 0 Å². The molecule has 3 N–H and O–H groups in total. The second-order valence-corrected chi connectivity index (χ2v) is 5.37. The molecule has 0 aromatic heterocycles. The Bertz CT molecular complexity index is 315. The van der Waals surface area contributed by atoms with Crippen molar-refractivity contribution in [2.75, 3.05) is 11.9 Å². The van der Waals surface area contributed by atoms with Gasteiger partial charge in [0.2, 0.25) is 0 Å². The highest BCUT2D eigenvalue weighted by Crippen LogP contribution is 2.31. The molecule has 1 atom stereocenters. The summed E-state index contributed by atoms with van der Waals surface area (Å²) in [4.78, 5) is 0. The van der Waals surface area contributed by atoms with Gasteiger partial charge >= 0.3 is 0 Å². The van der Waals surface area contributed by atoms with E-state index in [1.54, 1.807) is 0 Å². The van der Waals surface area contributed by atoms with Crippen LogP contribution in [0.1, 0.15) is 32.6 Å². The minimum absolute atomic E-state index is 0.435. The maximum absolute atomic E-state index is 5.92. The zero-order valence-corrected chi connectivity index (χ0v) is 10.7. The van der Waals surface area contributed by atoms with Crippen molar-refractivity contribution in [3.8, 4) is 0 Å². The smallest absolute Gasteiger partial charge is 0.0411 e. The molecule has 0 heterocycles. The predicted octanol–water partition coefficient (Wildman–Crippen LogP) is 3.25. The molecule has 1 aromatic rings. The Morgan fingerprint density at radius 3 is 2.41 bits per heavy atom. The van der Waals surface area contributed by atoms with Crippen LogP contribution in [-0.2, 0) is 0 Å². The average molecular weight is 232 g/mol. The molecule has 1 saturated carbocycles. The lowest BCUT2D eigenvalue weighted by Crippen LogP contribution is -2.38. The Kier molecular flexibility index (Phi) is 4.43. The van der Waals surface area contributed by atoms with Crippen molar-refractivity contribution in [1.82, 2.24) is 0 Å². The van der Waals surface area contributed by atoms with E-state index in [-0.39, 0.29) is 0 Å². The van der Waals surface area contributed by atoms with Gasteiger partial charge in [0.15, 0.2) is 0 Å². The summed E-state index contributed by atoms with van der Waals surface area (Å²) in [6.07, 6.45) is 5.36. The third kappa shape index (κ3) is 3.47. The summed E-state index contributed by atoms with van der Waals surface area (Å²) in [5.41, 5.74) is 7.12. The van der Waals surface area contributed by atoms with Crippen LogP contribution in [0, 0.1) is 11.8 Å². The molecule has 0 saturated heterocycles. The van der Waals surface area contributed by atoms with Crippen LogP contribution in [-0.4, -0.2) is 12.6 Å². The van der Waals surface area contributed by atoms with Crippen LogP contribution < -0.4 is 11.1 Å². The fraction of sp³-hybridized carbons (Fsp3) is 0.600. The van der Waals surface area contributed by atoms with Gasteiger partial charge < -0.3 is 11.1 Å². The standard InChI is InChI=1S/C15H24N2/c1-12-7-9-13(10-8-12)15(11-16)17-14-5-3-2-4-6-14/h2-6,12-13,15,17H,7-11,16H2,1H3. The lowest BCUT2D eigenvalue weighted by Gasteiger charge is -2.33. The number of anilines is 1. The van der Waals surface area contributed by atoms with E-state index < -0.39 is 0 Å². The number of nitrogens with two attached hydrogens (primary N) is 1. The van der Waals surface area contributed by atoms with E-state index in [1.807, 2.05) is 6.07 Å². The summed E-state index contributed by atoms with van der Waals surface area (Å²) in [7, 11) is 0. The highest BCUT2D eigenvalue weighted by molar-refractivity contribution is 5.43. The zero-order chi connectivity index (χ0) is 12.1. The quantitative estimate of drug-likeness (QED) is 0.836. The SMILES string of the molecule is CC1CCC(C(CN)Nc2ccccc2)CC1. The number of rotatable bonds is 4. The number of benzene rings is 1. The summed E-state index contributed by atoms with van der Waals surface area (Å²) in [5.74, 6) is 1.65. The normalized spacial score (nSPS) is 26.5. The Morgan fingerprint density at radius 2 is 1.82 bits per heavy atom. The second kappa shape index (κ2) is 6.06. The third-order valence-corrected chi connectivity index (χ3v) is 4.01. The molecule has 1 aliphatic rings. The Hall–Kier alpha value is -1.02. The first-order chi connectivity index (χ1) is 8.29. The fourth-order valence-corrected chi connectivity index (χ4v) is 2.81. The molecule has 17 heavy (non-hydrogen) atoms. The van der Waals surface area contributed by atoms with Gasteiger partial charge in [-0.25, -0.2) is 0 Å². The molecule has 1 aliphatic carbocycles. The molecule has 0 bridgehead atoms. The topological polar surface area (TPSA) is 38.0 Å². The van der Waals surface area contributed by atoms with E-state index in [9.17, 15) is 0 Å². The molecule has 1 unspecified atom stereocenters. The Morgan fingerprint density at radius 1 is 1.18 bits per heavy atom. The summed E-state index contributed by atoms with van der Waals surface area (Å²) >= 11 is 0. The first kappa shape index (κ1) is 12.4. The fourth-order valence-electron chi connectivity index (χ4n) is 2.81. The molecule has 2 rings (SSSR count). The molecular weight excluding hydrogens is 208 g/mol. The molecule has 2 nitrogen and oxygen atoms in total. The van der Waals surface area contributed by atoms with Crippen molar-refractivity contribution in [2.24, 2.45) is 17.6 Å². The summed E-state index contributed by atoms with van der Waals surface area (Å²) < 4.78 is 0. The van der Waals surface area contributed by atoms with Crippen LogP contribution in [0.4, 0.5) is 5.69 Å². The molecule has 0 aliphatic heterocycles. The summed E-state index contributed by atoms with van der Waals surface area (Å²) in [5, 5.41) is 3.59. The molecule has 1 fully saturated rings. The van der Waals surface area contributed by atoms with Gasteiger partial charge in [-0.1, -0.05) is 38.0 Å². The van der Waals surface area contributed by atoms with E-state index >= 15 is 0 Å². The van der Waals surface area contributed by atoms with E-state index in [1.165, 1.54) is 31.4 Å². The molecule has 2 heteroatoms. The number of hydrogen-bond donors (Lipinski definition) is 2. The maximum atomic E-state index is 5.92. The van der Waals surface area contributed by atoms with Crippen LogP contribution in [0.15, 0.2) is 30.3 Å². The van der Waals surface area contributed by atoms with Crippen molar-refractivity contribution >= 4 is 5.69 Å². The van der Waals surface area contributed by atoms with Crippen molar-refractivity contribution in [2.45, 2.75) is 38.6 Å². The van der Waals surface area contributed by atoms with Gasteiger partial charge in [0.25, 0.3) is 0 Å². The molecule has 94 valence electrons. The lowest BCUT2D eigenvalue weighted by atomic mass is 9.79. The van der Waals surface area contributed by atoms with Crippen LogP contribution in [0.25, 0.3) is 0 Å². The van der Waals surface area contributed by atoms with Gasteiger partial charge in [-0.2, -0.15) is 0 Å². The number of para-hydroxylation sites is 1. The predicted molar refractivity (Wildman–Crippen MR) is 74.0 cm³/mol. The largest absolute Gasteiger partial charge is 0.381 e. The molecule has 0 amide bonds. The van der Waals surface area contributed by atoms with Gasteiger partial charge in [0.1, 0.15) is 0 Å². The number of hydrogen-bond acceptors (Lipinski definition) is 2. The third-order valence-electron chi connectivity index (χ3n) is 4.01. The van der Waals surface area contributed by atoms with Crippen LogP contribution in [0.3, 0.4) is 0 Å². The van der Waals surface area contributed by atoms with Gasteiger partial charge in [-0.3, -0.25) is 0 Å². The minimum Gasteiger partial charge on any atom is -0.381 e. The maximum Gasteiger partial charge on any atom is 0.0411 e. The van der Waals surface area contributed by atoms with Crippen LogP contribution in [0.5, 0.6) is 0 Å². The van der Waals surface area contributed by atoms with E-state index in [0.717, 1.165) is 18.4 Å². The summed E-state index contributed by atoms with van der Waals surface area (Å²) in [6.45, 7) is 3.09. The summed E-state index contributed by atoms with van der Waals surface area (Å²) in [6, 6.07) is 10.9. The molecule has 0 spiro atoms. The highest BCUT2D eigenvalue weighted by atomic mass is 14.9. The Balaban J connectivity index is 1.92. The second-order valence-electron chi connectivity index (χ2n) is 5.37. The molecule has 1 aromatic carbocycles. The highest BCUT2D eigenvalue weighted by Gasteiger charge is 2.24. The van der Waals surface area contributed by atoms with E-state index in [4.69, 9.17) is 5.73 Å². The van der Waals surface area contributed by atoms with Crippen molar-refractivity contribution in [3.05, 3.63) is 30.3 Å². The molecule has 0 radical (unpaired) electrons. The van der Waals surface area contributed by atoms with Crippen molar-refractivity contribution in [1.29, 1.82) is 0 Å². The van der Waals surface area contributed by atoms with Gasteiger partial charge in [0, 0.05) is 18.3 Å². The first-order valence-corrected chi connectivity index (χ1v) is 6.81. The average Bonchev–Trinajstić information content (AvgIpc) is 2.38.